The second kappa shape index (κ2) is 7.81. The van der Waals surface area contributed by atoms with Gasteiger partial charge in [0.05, 0.1) is 6.21 Å². The average molecular weight is 352 g/mol. The van der Waals surface area contributed by atoms with Gasteiger partial charge in [-0.3, -0.25) is 5.43 Å². The lowest BCUT2D eigenvalue weighted by molar-refractivity contribution is 0.472. The van der Waals surface area contributed by atoms with E-state index in [-0.39, 0.29) is 0 Å². The van der Waals surface area contributed by atoms with Crippen molar-refractivity contribution in [3.05, 3.63) is 65.0 Å². The first-order valence-electron chi connectivity index (χ1n) is 7.99. The Balaban J connectivity index is 1.79. The highest BCUT2D eigenvalue weighted by molar-refractivity contribution is 7.14. The molecule has 0 saturated heterocycles. The van der Waals surface area contributed by atoms with Crippen LogP contribution in [0.2, 0.25) is 0 Å². The van der Waals surface area contributed by atoms with Crippen molar-refractivity contribution in [2.45, 2.75) is 19.8 Å². The summed E-state index contributed by atoms with van der Waals surface area (Å²) in [4.78, 5) is 4.10. The van der Waals surface area contributed by atoms with E-state index in [2.05, 4.69) is 35.4 Å². The van der Waals surface area contributed by atoms with Gasteiger partial charge in [0.1, 0.15) is 17.3 Å². The zero-order valence-electron chi connectivity index (χ0n) is 14.1. The van der Waals surface area contributed by atoms with Crippen LogP contribution >= 0.6 is 11.3 Å². The molecule has 2 aromatic carbocycles. The van der Waals surface area contributed by atoms with Crippen LogP contribution in [0.1, 0.15) is 30.9 Å². The summed E-state index contributed by atoms with van der Waals surface area (Å²) in [6.45, 7) is 4.30. The second-order valence-corrected chi connectivity index (χ2v) is 6.64. The minimum absolute atomic E-state index is 0.383. The van der Waals surface area contributed by atoms with Crippen LogP contribution in [0.15, 0.2) is 59.0 Å². The Kier molecular flexibility index (Phi) is 5.30. The summed E-state index contributed by atoms with van der Waals surface area (Å²) < 4.78 is 6.16. The lowest BCUT2D eigenvalue weighted by Crippen LogP contribution is -1.97. The highest BCUT2D eigenvalue weighted by atomic mass is 32.1. The van der Waals surface area contributed by atoms with Crippen LogP contribution in [0.4, 0.5) is 10.9 Å². The third-order valence-corrected chi connectivity index (χ3v) is 4.33. The molecular formula is C19H20N4OS. The Morgan fingerprint density at radius 2 is 1.84 bits per heavy atom. The molecule has 1 heterocycles. The molecule has 3 rings (SSSR count). The van der Waals surface area contributed by atoms with E-state index >= 15 is 0 Å². The van der Waals surface area contributed by atoms with Crippen molar-refractivity contribution in [1.29, 1.82) is 0 Å². The van der Waals surface area contributed by atoms with E-state index in [9.17, 15) is 0 Å². The number of hydrogen-bond acceptors (Lipinski definition) is 6. The van der Waals surface area contributed by atoms with Gasteiger partial charge in [0.15, 0.2) is 0 Å². The number of nitrogens with zero attached hydrogens (tertiary/aromatic N) is 2. The van der Waals surface area contributed by atoms with E-state index in [0.29, 0.717) is 16.9 Å². The first-order chi connectivity index (χ1) is 12.1. The van der Waals surface area contributed by atoms with Gasteiger partial charge in [-0.2, -0.15) is 5.10 Å². The lowest BCUT2D eigenvalue weighted by Gasteiger charge is -2.14. The van der Waals surface area contributed by atoms with Gasteiger partial charge in [-0.1, -0.05) is 44.2 Å². The van der Waals surface area contributed by atoms with Crippen molar-refractivity contribution >= 4 is 28.5 Å². The Morgan fingerprint density at radius 1 is 1.12 bits per heavy atom. The minimum Gasteiger partial charge on any atom is -0.456 e. The molecule has 3 N–H and O–H groups in total. The molecule has 25 heavy (non-hydrogen) atoms. The normalized spacial score (nSPS) is 11.2. The van der Waals surface area contributed by atoms with Gasteiger partial charge < -0.3 is 10.5 Å². The molecule has 0 saturated carbocycles. The van der Waals surface area contributed by atoms with E-state index in [0.717, 1.165) is 17.1 Å². The summed E-state index contributed by atoms with van der Waals surface area (Å²) in [6.07, 6.45) is 1.71. The van der Waals surface area contributed by atoms with Gasteiger partial charge in [-0.05, 0) is 29.7 Å². The van der Waals surface area contributed by atoms with Crippen LogP contribution in [-0.4, -0.2) is 11.2 Å². The van der Waals surface area contributed by atoms with Gasteiger partial charge in [-0.25, -0.2) is 4.98 Å². The molecular weight excluding hydrogens is 332 g/mol. The largest absolute Gasteiger partial charge is 0.456 e. The standard InChI is InChI=1S/C19H20N4OS/c1-13(2)15-8-4-6-10-17(15)24-16-9-5-3-7-14(16)11-21-23-19-22-18(20)12-25-19/h3-13H,20H2,1-2H3,(H,22,23). The van der Waals surface area contributed by atoms with Crippen molar-refractivity contribution < 1.29 is 4.74 Å². The molecule has 0 aliphatic carbocycles. The number of hydrazone groups is 1. The molecule has 0 unspecified atom stereocenters. The van der Waals surface area contributed by atoms with E-state index < -0.39 is 0 Å². The van der Waals surface area contributed by atoms with Crippen molar-refractivity contribution in [2.75, 3.05) is 11.2 Å². The van der Waals surface area contributed by atoms with Crippen molar-refractivity contribution in [2.24, 2.45) is 5.10 Å². The number of thiazole rings is 1. The van der Waals surface area contributed by atoms with Crippen molar-refractivity contribution in [3.8, 4) is 11.5 Å². The maximum absolute atomic E-state index is 6.16. The van der Waals surface area contributed by atoms with Crippen LogP contribution in [-0.2, 0) is 0 Å². The number of nitrogens with one attached hydrogen (secondary N) is 1. The number of nitrogen functional groups attached to an aromatic ring is 1. The molecule has 0 aliphatic rings. The topological polar surface area (TPSA) is 72.5 Å². The van der Waals surface area contributed by atoms with Gasteiger partial charge >= 0.3 is 0 Å². The van der Waals surface area contributed by atoms with Gasteiger partial charge in [0.2, 0.25) is 5.13 Å². The van der Waals surface area contributed by atoms with Gasteiger partial charge in [0, 0.05) is 10.9 Å². The maximum atomic E-state index is 6.16. The van der Waals surface area contributed by atoms with E-state index in [1.54, 1.807) is 11.6 Å². The van der Waals surface area contributed by atoms with Crippen LogP contribution in [0.5, 0.6) is 11.5 Å². The summed E-state index contributed by atoms with van der Waals surface area (Å²) >= 11 is 1.40. The number of benzene rings is 2. The molecule has 128 valence electrons. The molecule has 0 amide bonds. The molecule has 3 aromatic rings. The minimum atomic E-state index is 0.383. The predicted molar refractivity (Wildman–Crippen MR) is 105 cm³/mol. The fraction of sp³-hybridized carbons (Fsp3) is 0.158. The third kappa shape index (κ3) is 4.36. The van der Waals surface area contributed by atoms with Crippen LogP contribution in [0.25, 0.3) is 0 Å². The van der Waals surface area contributed by atoms with Crippen LogP contribution in [0, 0.1) is 0 Å². The smallest absolute Gasteiger partial charge is 0.205 e. The highest BCUT2D eigenvalue weighted by Gasteiger charge is 2.09. The molecule has 0 aliphatic heterocycles. The number of hydrogen-bond donors (Lipinski definition) is 2. The van der Waals surface area contributed by atoms with Crippen molar-refractivity contribution in [1.82, 2.24) is 4.98 Å². The third-order valence-electron chi connectivity index (χ3n) is 3.57. The number of ether oxygens (including phenoxy) is 1. The Bertz CT molecular complexity index is 873. The Morgan fingerprint density at radius 3 is 2.56 bits per heavy atom. The van der Waals surface area contributed by atoms with Crippen LogP contribution in [0.3, 0.4) is 0 Å². The fourth-order valence-corrected chi connectivity index (χ4v) is 2.89. The summed E-state index contributed by atoms with van der Waals surface area (Å²) in [6, 6.07) is 15.9. The number of rotatable bonds is 6. The zero-order chi connectivity index (χ0) is 17.6. The molecule has 6 heteroatoms. The quantitative estimate of drug-likeness (QED) is 0.479. The lowest BCUT2D eigenvalue weighted by atomic mass is 10.0. The number of nitrogens with two attached hydrogens (primary N) is 1. The highest BCUT2D eigenvalue weighted by Crippen LogP contribution is 2.31. The zero-order valence-corrected chi connectivity index (χ0v) is 15.0. The second-order valence-electron chi connectivity index (χ2n) is 5.78. The molecule has 0 spiro atoms. The van der Waals surface area contributed by atoms with Gasteiger partial charge in [-0.15, -0.1) is 11.3 Å². The van der Waals surface area contributed by atoms with Gasteiger partial charge in [0.25, 0.3) is 0 Å². The van der Waals surface area contributed by atoms with E-state index in [4.69, 9.17) is 10.5 Å². The summed E-state index contributed by atoms with van der Waals surface area (Å²) in [5, 5.41) is 6.63. The summed E-state index contributed by atoms with van der Waals surface area (Å²) in [5.74, 6) is 2.48. The number of aromatic nitrogens is 1. The molecule has 0 fully saturated rings. The van der Waals surface area contributed by atoms with Crippen LogP contribution < -0.4 is 15.9 Å². The first kappa shape index (κ1) is 17.0. The number of anilines is 2. The average Bonchev–Trinajstić information content (AvgIpc) is 3.02. The molecule has 0 radical (unpaired) electrons. The SMILES string of the molecule is CC(C)c1ccccc1Oc1ccccc1C=NNc1nc(N)cs1. The molecule has 5 nitrogen and oxygen atoms in total. The van der Waals surface area contributed by atoms with E-state index in [1.807, 2.05) is 42.5 Å². The number of para-hydroxylation sites is 2. The molecule has 0 atom stereocenters. The molecule has 0 bridgehead atoms. The monoisotopic (exact) mass is 352 g/mol. The Hall–Kier alpha value is -2.86. The fourth-order valence-electron chi connectivity index (χ4n) is 2.34. The van der Waals surface area contributed by atoms with Crippen molar-refractivity contribution in [3.63, 3.8) is 0 Å². The molecule has 1 aromatic heterocycles. The van der Waals surface area contributed by atoms with E-state index in [1.165, 1.54) is 16.9 Å². The summed E-state index contributed by atoms with van der Waals surface area (Å²) in [7, 11) is 0. The Labute approximate surface area is 151 Å². The first-order valence-corrected chi connectivity index (χ1v) is 8.87. The predicted octanol–water partition coefficient (Wildman–Crippen LogP) is 5.09. The maximum Gasteiger partial charge on any atom is 0.205 e. The summed E-state index contributed by atoms with van der Waals surface area (Å²) in [5.41, 5.74) is 10.5.